The van der Waals surface area contributed by atoms with Crippen LogP contribution in [0.2, 0.25) is 0 Å². The maximum Gasteiger partial charge on any atom is 1.00 e. The number of hydrogen-bond donors (Lipinski definition) is 2. The van der Waals surface area contributed by atoms with Gasteiger partial charge in [-0.1, -0.05) is 117 Å². The summed E-state index contributed by atoms with van der Waals surface area (Å²) in [4.78, 5) is 65.9. The second-order valence-electron chi connectivity index (χ2n) is 11.1. The number of carbonyl (C=O) groups is 6. The van der Waals surface area contributed by atoms with Crippen molar-refractivity contribution in [3.05, 3.63) is 0 Å². The van der Waals surface area contributed by atoms with E-state index in [1.807, 2.05) is 0 Å². The normalized spacial score (nSPS) is 11.4. The summed E-state index contributed by atoms with van der Waals surface area (Å²) in [6.45, 7) is 4.38. The third-order valence-electron chi connectivity index (χ3n) is 6.78. The molecule has 0 bridgehead atoms. The van der Waals surface area contributed by atoms with Gasteiger partial charge in [-0.15, -0.1) is 0 Å². The van der Waals surface area contributed by atoms with Crippen molar-refractivity contribution >= 4 is 35.8 Å². The van der Waals surface area contributed by atoms with Gasteiger partial charge in [-0.3, -0.25) is 9.59 Å². The molecule has 0 spiro atoms. The van der Waals surface area contributed by atoms with E-state index in [0.29, 0.717) is 12.8 Å². The Morgan fingerprint density at radius 3 is 0.957 bits per heavy atom. The number of unbranched alkanes of at least 4 members (excludes halogenated alkanes) is 16. The van der Waals surface area contributed by atoms with E-state index in [-0.39, 0.29) is 72.0 Å². The van der Waals surface area contributed by atoms with Gasteiger partial charge in [0.25, 0.3) is 0 Å². The van der Waals surface area contributed by atoms with Gasteiger partial charge in [-0.05, 0) is 12.8 Å². The van der Waals surface area contributed by atoms with Gasteiger partial charge >= 0.3 is 83.0 Å². The maximum absolute atomic E-state index is 11.4. The van der Waals surface area contributed by atoms with Crippen LogP contribution in [0.4, 0.5) is 0 Å². The first kappa shape index (κ1) is 52.0. The number of hydrogen-bond acceptors (Lipinski definition) is 12. The van der Waals surface area contributed by atoms with E-state index in [4.69, 9.17) is 11.5 Å². The van der Waals surface area contributed by atoms with Crippen LogP contribution in [-0.2, 0) is 38.2 Å². The quantitative estimate of drug-likeness (QED) is 0.0403. The van der Waals surface area contributed by atoms with Crippen LogP contribution in [0.5, 0.6) is 0 Å². The minimum Gasteiger partial charge on any atom is -0.550 e. The molecule has 46 heavy (non-hydrogen) atoms. The zero-order valence-corrected chi connectivity index (χ0v) is 32.9. The zero-order valence-electron chi connectivity index (χ0n) is 28.9. The largest absolute Gasteiger partial charge is 1.00 e. The average molecular weight is 675 g/mol. The first-order chi connectivity index (χ1) is 20.9. The first-order valence-electron chi connectivity index (χ1n) is 16.3. The van der Waals surface area contributed by atoms with E-state index in [1.54, 1.807) is 0 Å². The van der Waals surface area contributed by atoms with Crippen molar-refractivity contribution in [1.29, 1.82) is 0 Å². The molecular weight excluding hydrogens is 618 g/mol. The molecule has 0 aliphatic carbocycles. The van der Waals surface area contributed by atoms with Crippen LogP contribution >= 0.6 is 0 Å². The second kappa shape index (κ2) is 37.0. The fraction of sp³-hybridized carbons (Fsp3) is 0.812. The van der Waals surface area contributed by atoms with Crippen molar-refractivity contribution in [2.45, 2.75) is 167 Å². The van der Waals surface area contributed by atoms with Crippen LogP contribution < -0.4 is 80.8 Å². The van der Waals surface area contributed by atoms with Crippen molar-refractivity contribution in [2.24, 2.45) is 11.5 Å². The van der Waals surface area contributed by atoms with Gasteiger partial charge in [0.2, 0.25) is 0 Å². The molecule has 0 aromatic carbocycles. The molecule has 0 aliphatic heterocycles. The summed E-state index contributed by atoms with van der Waals surface area (Å²) in [6.07, 6.45) is 19.3. The summed E-state index contributed by atoms with van der Waals surface area (Å²) in [6, 6.07) is -2.70. The minimum atomic E-state index is -1.45. The van der Waals surface area contributed by atoms with Crippen molar-refractivity contribution in [3.63, 3.8) is 0 Å². The van der Waals surface area contributed by atoms with Gasteiger partial charge < -0.3 is 40.7 Å². The van der Waals surface area contributed by atoms with Crippen molar-refractivity contribution in [1.82, 2.24) is 0 Å². The Labute approximate surface area is 319 Å². The molecule has 256 valence electrons. The Morgan fingerprint density at radius 2 is 0.717 bits per heavy atom. The van der Waals surface area contributed by atoms with Gasteiger partial charge in [0.15, 0.2) is 0 Å². The Kier molecular flexibility index (Phi) is 41.8. The summed E-state index contributed by atoms with van der Waals surface area (Å²) in [5.74, 6) is -6.22. The predicted molar refractivity (Wildman–Crippen MR) is 161 cm³/mol. The number of carboxylic acid groups (broad SMARTS) is 2. The van der Waals surface area contributed by atoms with E-state index in [9.17, 15) is 39.0 Å². The SMILES string of the molecule is CCCCCCCCCCCC(=O)OC(=O)[C@@H](N)CC(=O)[O-].CCCCCCCCCCCC(=O)OC(=O)[C@@H](N)CC(=O)[O-].[Na+].[Na+]. The summed E-state index contributed by atoms with van der Waals surface area (Å²) in [5.41, 5.74) is 10.5. The van der Waals surface area contributed by atoms with E-state index < -0.39 is 60.7 Å². The predicted octanol–water partition coefficient (Wildman–Crippen LogP) is -3.10. The maximum atomic E-state index is 11.4. The minimum absolute atomic E-state index is 0. The molecular formula is C32H56N2Na2O10. The molecule has 0 radical (unpaired) electrons. The molecule has 0 saturated heterocycles. The molecule has 0 heterocycles. The van der Waals surface area contributed by atoms with Gasteiger partial charge in [-0.25, -0.2) is 9.59 Å². The molecule has 0 unspecified atom stereocenters. The average Bonchev–Trinajstić information content (AvgIpc) is 2.95. The standard InChI is InChI=1S/2C16H29NO5.2Na/c2*1-2-3-4-5-6-7-8-9-10-11-15(20)22-16(21)13(17)12-14(18)19;;/h2*13H,2-12,17H2,1H3,(H,18,19);;/q;;2*+1/p-2/t2*13-;;/m00../s1. The number of rotatable bonds is 26. The van der Waals surface area contributed by atoms with Crippen molar-refractivity contribution in [3.8, 4) is 0 Å². The van der Waals surface area contributed by atoms with Crippen LogP contribution in [0.25, 0.3) is 0 Å². The number of esters is 4. The molecule has 12 nitrogen and oxygen atoms in total. The molecule has 0 amide bonds. The van der Waals surface area contributed by atoms with Crippen LogP contribution in [0.3, 0.4) is 0 Å². The first-order valence-corrected chi connectivity index (χ1v) is 16.3. The third kappa shape index (κ3) is 37.6. The van der Waals surface area contributed by atoms with Gasteiger partial charge in [-0.2, -0.15) is 0 Å². The smallest absolute Gasteiger partial charge is 0.550 e. The number of nitrogens with two attached hydrogens (primary N) is 2. The number of ether oxygens (including phenoxy) is 2. The van der Waals surface area contributed by atoms with Gasteiger partial charge in [0, 0.05) is 37.6 Å². The van der Waals surface area contributed by atoms with E-state index >= 15 is 0 Å². The number of carbonyl (C=O) groups excluding carboxylic acids is 6. The number of aliphatic carboxylic acids is 2. The third-order valence-corrected chi connectivity index (χ3v) is 6.78. The van der Waals surface area contributed by atoms with E-state index in [0.717, 1.165) is 38.5 Å². The Balaban J connectivity index is -0.000000367. The monoisotopic (exact) mass is 674 g/mol. The summed E-state index contributed by atoms with van der Waals surface area (Å²) in [7, 11) is 0. The zero-order chi connectivity index (χ0) is 33.6. The molecule has 0 aliphatic rings. The fourth-order valence-electron chi connectivity index (χ4n) is 4.16. The summed E-state index contributed by atoms with van der Waals surface area (Å²) < 4.78 is 8.98. The van der Waals surface area contributed by atoms with Gasteiger partial charge in [0.05, 0.1) is 0 Å². The Morgan fingerprint density at radius 1 is 0.478 bits per heavy atom. The Bertz CT molecular complexity index is 765. The molecule has 4 N–H and O–H groups in total. The van der Waals surface area contributed by atoms with E-state index in [2.05, 4.69) is 23.3 Å². The number of carboxylic acids is 2. The molecule has 0 saturated carbocycles. The molecule has 0 fully saturated rings. The Hall–Kier alpha value is -0.860. The molecule has 0 aromatic rings. The van der Waals surface area contributed by atoms with Crippen LogP contribution in [0, 0.1) is 0 Å². The summed E-state index contributed by atoms with van der Waals surface area (Å²) >= 11 is 0. The van der Waals surface area contributed by atoms with Crippen molar-refractivity contribution < 1.29 is 108 Å². The van der Waals surface area contributed by atoms with Gasteiger partial charge in [0.1, 0.15) is 12.1 Å². The molecule has 14 heteroatoms. The topological polar surface area (TPSA) is 219 Å². The molecule has 2 atom stereocenters. The second-order valence-corrected chi connectivity index (χ2v) is 11.1. The van der Waals surface area contributed by atoms with Crippen molar-refractivity contribution in [2.75, 3.05) is 0 Å². The van der Waals surface area contributed by atoms with Crippen LogP contribution in [0.1, 0.15) is 155 Å². The van der Waals surface area contributed by atoms with Crippen LogP contribution in [0.15, 0.2) is 0 Å². The summed E-state index contributed by atoms with van der Waals surface area (Å²) in [5, 5.41) is 20.5. The fourth-order valence-corrected chi connectivity index (χ4v) is 4.16. The van der Waals surface area contributed by atoms with E-state index in [1.165, 1.54) is 64.2 Å². The molecule has 0 rings (SSSR count). The molecule has 0 aromatic heterocycles. The van der Waals surface area contributed by atoms with Crippen LogP contribution in [-0.4, -0.2) is 47.9 Å².